The lowest BCUT2D eigenvalue weighted by Gasteiger charge is -2.35. The number of piperazine rings is 1. The van der Waals surface area contributed by atoms with Crippen LogP contribution < -0.4 is 4.74 Å². The Morgan fingerprint density at radius 2 is 1.63 bits per heavy atom. The number of benzene rings is 2. The van der Waals surface area contributed by atoms with Crippen molar-refractivity contribution in [1.29, 1.82) is 0 Å². The molecule has 0 radical (unpaired) electrons. The number of carbonyl (C=O) groups is 2. The lowest BCUT2D eigenvalue weighted by Crippen LogP contribution is -2.53. The van der Waals surface area contributed by atoms with Crippen LogP contribution >= 0.6 is 0 Å². The fourth-order valence-corrected chi connectivity index (χ4v) is 4.01. The Morgan fingerprint density at radius 3 is 2.37 bits per heavy atom. The summed E-state index contributed by atoms with van der Waals surface area (Å²) in [6, 6.07) is 18.0. The molecular weight excluding hydrogens is 380 g/mol. The number of rotatable bonds is 6. The Labute approximate surface area is 177 Å². The number of ether oxygens (including phenoxy) is 2. The highest BCUT2D eigenvalue weighted by atomic mass is 16.5. The van der Waals surface area contributed by atoms with E-state index in [1.54, 1.807) is 0 Å². The fraction of sp³-hybridized carbons (Fsp3) is 0.417. The highest BCUT2D eigenvalue weighted by molar-refractivity contribution is 5.82. The Hall–Kier alpha value is -2.86. The standard InChI is InChI=1S/C24H28N2O4/c27-23(25-13-15-26(16-14-25)24(28)22-11-6-17-29-22)12-18-30-21-10-5-4-9-20(21)19-7-2-1-3-8-19/h1-5,7-10,22H,6,11-18H2/t22-/m1/s1. The van der Waals surface area contributed by atoms with E-state index in [1.165, 1.54) is 0 Å². The van der Waals surface area contributed by atoms with Crippen LogP contribution in [0.25, 0.3) is 11.1 Å². The molecule has 2 saturated heterocycles. The molecule has 2 aromatic carbocycles. The molecule has 2 aliphatic rings. The molecule has 6 heteroatoms. The number of hydrogen-bond acceptors (Lipinski definition) is 4. The molecule has 2 amide bonds. The van der Waals surface area contributed by atoms with Crippen molar-refractivity contribution in [3.05, 3.63) is 54.6 Å². The highest BCUT2D eigenvalue weighted by Gasteiger charge is 2.31. The van der Waals surface area contributed by atoms with Crippen LogP contribution in [0.15, 0.2) is 54.6 Å². The summed E-state index contributed by atoms with van der Waals surface area (Å²) in [5, 5.41) is 0. The van der Waals surface area contributed by atoms with Crippen molar-refractivity contribution in [3.63, 3.8) is 0 Å². The van der Waals surface area contributed by atoms with Gasteiger partial charge in [-0.3, -0.25) is 9.59 Å². The van der Waals surface area contributed by atoms with E-state index in [2.05, 4.69) is 0 Å². The average Bonchev–Trinajstić information content (AvgIpc) is 3.34. The largest absolute Gasteiger partial charge is 0.492 e. The van der Waals surface area contributed by atoms with Crippen molar-refractivity contribution in [2.45, 2.75) is 25.4 Å². The van der Waals surface area contributed by atoms with Crippen molar-refractivity contribution in [2.75, 3.05) is 39.4 Å². The van der Waals surface area contributed by atoms with Crippen LogP contribution in [0, 0.1) is 0 Å². The monoisotopic (exact) mass is 408 g/mol. The third kappa shape index (κ3) is 4.82. The molecular formula is C24H28N2O4. The topological polar surface area (TPSA) is 59.1 Å². The predicted octanol–water partition coefficient (Wildman–Crippen LogP) is 2.97. The first-order valence-corrected chi connectivity index (χ1v) is 10.7. The number of hydrogen-bond donors (Lipinski definition) is 0. The second-order valence-electron chi connectivity index (χ2n) is 7.67. The van der Waals surface area contributed by atoms with Gasteiger partial charge in [-0.1, -0.05) is 48.5 Å². The van der Waals surface area contributed by atoms with E-state index in [0.717, 1.165) is 29.7 Å². The first-order valence-electron chi connectivity index (χ1n) is 10.7. The molecule has 2 fully saturated rings. The lowest BCUT2D eigenvalue weighted by molar-refractivity contribution is -0.146. The van der Waals surface area contributed by atoms with E-state index in [1.807, 2.05) is 64.4 Å². The Kier molecular flexibility index (Phi) is 6.64. The molecule has 30 heavy (non-hydrogen) atoms. The third-order valence-electron chi connectivity index (χ3n) is 5.69. The van der Waals surface area contributed by atoms with E-state index in [0.29, 0.717) is 45.8 Å². The maximum absolute atomic E-state index is 12.6. The molecule has 6 nitrogen and oxygen atoms in total. The van der Waals surface area contributed by atoms with Gasteiger partial charge in [0.2, 0.25) is 5.91 Å². The molecule has 0 unspecified atom stereocenters. The Morgan fingerprint density at radius 1 is 0.933 bits per heavy atom. The summed E-state index contributed by atoms with van der Waals surface area (Å²) in [5.41, 5.74) is 2.11. The lowest BCUT2D eigenvalue weighted by atomic mass is 10.1. The van der Waals surface area contributed by atoms with Crippen LogP contribution in [-0.2, 0) is 14.3 Å². The Balaban J connectivity index is 1.25. The zero-order valence-corrected chi connectivity index (χ0v) is 17.2. The number of nitrogens with zero attached hydrogens (tertiary/aromatic N) is 2. The minimum Gasteiger partial charge on any atom is -0.492 e. The number of para-hydroxylation sites is 1. The molecule has 0 aromatic heterocycles. The first kappa shape index (κ1) is 20.4. The molecule has 0 N–H and O–H groups in total. The summed E-state index contributed by atoms with van der Waals surface area (Å²) >= 11 is 0. The third-order valence-corrected chi connectivity index (χ3v) is 5.69. The SMILES string of the molecule is O=C(CCOc1ccccc1-c1ccccc1)N1CCN(C(=O)[C@H]2CCCO2)CC1. The van der Waals surface area contributed by atoms with Gasteiger partial charge in [-0.05, 0) is 24.5 Å². The molecule has 0 aliphatic carbocycles. The average molecular weight is 408 g/mol. The first-order chi connectivity index (χ1) is 14.7. The van der Waals surface area contributed by atoms with Gasteiger partial charge in [-0.2, -0.15) is 0 Å². The molecule has 1 atom stereocenters. The second-order valence-corrected chi connectivity index (χ2v) is 7.67. The molecule has 4 rings (SSSR count). The van der Waals surface area contributed by atoms with Crippen molar-refractivity contribution in [2.24, 2.45) is 0 Å². The van der Waals surface area contributed by atoms with Gasteiger partial charge in [0.15, 0.2) is 0 Å². The maximum atomic E-state index is 12.6. The summed E-state index contributed by atoms with van der Waals surface area (Å²) in [5.74, 6) is 0.917. The second kappa shape index (κ2) is 9.76. The van der Waals surface area contributed by atoms with Crippen molar-refractivity contribution < 1.29 is 19.1 Å². The van der Waals surface area contributed by atoms with Crippen LogP contribution in [0.5, 0.6) is 5.75 Å². The van der Waals surface area contributed by atoms with Gasteiger partial charge >= 0.3 is 0 Å². The molecule has 0 saturated carbocycles. The van der Waals surface area contributed by atoms with E-state index >= 15 is 0 Å². The van der Waals surface area contributed by atoms with Gasteiger partial charge in [0.1, 0.15) is 11.9 Å². The normalized spacial score (nSPS) is 19.0. The predicted molar refractivity (Wildman–Crippen MR) is 114 cm³/mol. The summed E-state index contributed by atoms with van der Waals surface area (Å²) in [6.07, 6.45) is 1.79. The van der Waals surface area contributed by atoms with E-state index < -0.39 is 0 Å². The molecule has 2 heterocycles. The minimum absolute atomic E-state index is 0.0661. The molecule has 2 aromatic rings. The summed E-state index contributed by atoms with van der Waals surface area (Å²) in [4.78, 5) is 28.7. The Bertz CT molecular complexity index is 857. The van der Waals surface area contributed by atoms with Crippen LogP contribution in [-0.4, -0.2) is 67.1 Å². The van der Waals surface area contributed by atoms with Gasteiger partial charge in [0.25, 0.3) is 5.91 Å². The molecule has 2 aliphatic heterocycles. The quantitative estimate of drug-likeness (QED) is 0.737. The van der Waals surface area contributed by atoms with Gasteiger partial charge in [0, 0.05) is 38.3 Å². The van der Waals surface area contributed by atoms with E-state index in [-0.39, 0.29) is 17.9 Å². The van der Waals surface area contributed by atoms with Crippen molar-refractivity contribution >= 4 is 11.8 Å². The molecule has 0 spiro atoms. The van der Waals surface area contributed by atoms with E-state index in [9.17, 15) is 9.59 Å². The highest BCUT2D eigenvalue weighted by Crippen LogP contribution is 2.29. The van der Waals surface area contributed by atoms with Gasteiger partial charge in [-0.25, -0.2) is 0 Å². The number of carbonyl (C=O) groups excluding carboxylic acids is 2. The smallest absolute Gasteiger partial charge is 0.251 e. The van der Waals surface area contributed by atoms with Crippen LogP contribution in [0.2, 0.25) is 0 Å². The van der Waals surface area contributed by atoms with Crippen LogP contribution in [0.3, 0.4) is 0 Å². The van der Waals surface area contributed by atoms with Crippen molar-refractivity contribution in [1.82, 2.24) is 9.80 Å². The summed E-state index contributed by atoms with van der Waals surface area (Å²) in [6.45, 7) is 3.28. The van der Waals surface area contributed by atoms with Crippen LogP contribution in [0.4, 0.5) is 0 Å². The molecule has 0 bridgehead atoms. The fourth-order valence-electron chi connectivity index (χ4n) is 4.01. The van der Waals surface area contributed by atoms with E-state index in [4.69, 9.17) is 9.47 Å². The van der Waals surface area contributed by atoms with Crippen molar-refractivity contribution in [3.8, 4) is 16.9 Å². The summed E-state index contributed by atoms with van der Waals surface area (Å²) in [7, 11) is 0. The van der Waals surface area contributed by atoms with Gasteiger partial charge in [-0.15, -0.1) is 0 Å². The zero-order valence-electron chi connectivity index (χ0n) is 17.2. The van der Waals surface area contributed by atoms with Gasteiger partial charge in [0.05, 0.1) is 13.0 Å². The van der Waals surface area contributed by atoms with Gasteiger partial charge < -0.3 is 19.3 Å². The molecule has 158 valence electrons. The summed E-state index contributed by atoms with van der Waals surface area (Å²) < 4.78 is 11.4. The zero-order chi connectivity index (χ0) is 20.8. The number of amides is 2. The maximum Gasteiger partial charge on any atom is 0.251 e. The minimum atomic E-state index is -0.287. The van der Waals surface area contributed by atoms with Crippen LogP contribution in [0.1, 0.15) is 19.3 Å².